The Bertz CT molecular complexity index is 952. The molecule has 0 spiro atoms. The van der Waals surface area contributed by atoms with Crippen molar-refractivity contribution in [1.82, 2.24) is 0 Å². The molecule has 152 valence electrons. The van der Waals surface area contributed by atoms with Crippen molar-refractivity contribution in [2.24, 2.45) is 0 Å². The van der Waals surface area contributed by atoms with E-state index in [1.54, 1.807) is 18.2 Å². The molecule has 2 aromatic rings. The Morgan fingerprint density at radius 2 is 1.72 bits per heavy atom. The van der Waals surface area contributed by atoms with Gasteiger partial charge in [0.2, 0.25) is 11.7 Å². The van der Waals surface area contributed by atoms with Crippen molar-refractivity contribution in [1.29, 1.82) is 0 Å². The van der Waals surface area contributed by atoms with E-state index in [1.807, 2.05) is 0 Å². The fourth-order valence-corrected chi connectivity index (χ4v) is 3.78. The molecule has 1 saturated carbocycles. The SMILES string of the molecule is CC(=O)Nc1ccc(C(=O)COC(=O)C2(c3ccccc3F)CCCC2)c(F)c1. The minimum absolute atomic E-state index is 0.216. The molecule has 1 amide bonds. The highest BCUT2D eigenvalue weighted by Gasteiger charge is 2.46. The molecule has 1 N–H and O–H groups in total. The van der Waals surface area contributed by atoms with E-state index in [9.17, 15) is 23.2 Å². The van der Waals surface area contributed by atoms with Gasteiger partial charge in [0.05, 0.1) is 11.0 Å². The molecule has 1 aliphatic rings. The number of hydrogen-bond acceptors (Lipinski definition) is 4. The van der Waals surface area contributed by atoms with E-state index in [0.29, 0.717) is 12.8 Å². The summed E-state index contributed by atoms with van der Waals surface area (Å²) in [6.45, 7) is 0.635. The molecule has 5 nitrogen and oxygen atoms in total. The minimum atomic E-state index is -1.13. The van der Waals surface area contributed by atoms with Gasteiger partial charge in [0.15, 0.2) is 6.61 Å². The molecule has 1 aliphatic carbocycles. The van der Waals surface area contributed by atoms with Crippen molar-refractivity contribution < 1.29 is 27.9 Å². The van der Waals surface area contributed by atoms with Gasteiger partial charge >= 0.3 is 5.97 Å². The average Bonchev–Trinajstić information content (AvgIpc) is 3.16. The first-order valence-corrected chi connectivity index (χ1v) is 9.36. The Kier molecular flexibility index (Phi) is 6.06. The van der Waals surface area contributed by atoms with Crippen LogP contribution < -0.4 is 5.32 Å². The molecule has 0 unspecified atom stereocenters. The van der Waals surface area contributed by atoms with E-state index in [4.69, 9.17) is 4.74 Å². The van der Waals surface area contributed by atoms with Crippen molar-refractivity contribution in [3.8, 4) is 0 Å². The molecule has 3 rings (SSSR count). The number of nitrogens with one attached hydrogen (secondary N) is 1. The Hall–Kier alpha value is -3.09. The van der Waals surface area contributed by atoms with Crippen LogP contribution in [0.25, 0.3) is 0 Å². The van der Waals surface area contributed by atoms with Crippen molar-refractivity contribution in [3.63, 3.8) is 0 Å². The van der Waals surface area contributed by atoms with Gasteiger partial charge in [-0.2, -0.15) is 0 Å². The molecule has 0 heterocycles. The Balaban J connectivity index is 1.73. The lowest BCUT2D eigenvalue weighted by Gasteiger charge is -2.27. The summed E-state index contributed by atoms with van der Waals surface area (Å²) < 4.78 is 33.8. The molecule has 7 heteroatoms. The second-order valence-electron chi connectivity index (χ2n) is 7.14. The van der Waals surface area contributed by atoms with Gasteiger partial charge in [-0.05, 0) is 37.1 Å². The second-order valence-corrected chi connectivity index (χ2v) is 7.14. The molecule has 0 atom stereocenters. The summed E-state index contributed by atoms with van der Waals surface area (Å²) in [6, 6.07) is 9.68. The van der Waals surface area contributed by atoms with Gasteiger partial charge in [0.25, 0.3) is 0 Å². The molecule has 0 aromatic heterocycles. The van der Waals surface area contributed by atoms with Gasteiger partial charge in [0, 0.05) is 18.2 Å². The Morgan fingerprint density at radius 1 is 1.03 bits per heavy atom. The number of Topliss-reactive ketones (excluding diaryl/α,β-unsaturated/α-hetero) is 1. The molecule has 1 fully saturated rings. The number of esters is 1. The summed E-state index contributed by atoms with van der Waals surface area (Å²) in [4.78, 5) is 36.2. The summed E-state index contributed by atoms with van der Waals surface area (Å²) in [5.41, 5.74) is -0.897. The van der Waals surface area contributed by atoms with Crippen LogP contribution in [0.4, 0.5) is 14.5 Å². The number of amides is 1. The molecule has 29 heavy (non-hydrogen) atoms. The summed E-state index contributed by atoms with van der Waals surface area (Å²) in [5, 5.41) is 2.42. The second kappa shape index (κ2) is 8.51. The van der Waals surface area contributed by atoms with E-state index in [2.05, 4.69) is 5.32 Å². The van der Waals surface area contributed by atoms with Gasteiger partial charge in [-0.25, -0.2) is 8.78 Å². The third kappa shape index (κ3) is 4.34. The zero-order valence-electron chi connectivity index (χ0n) is 16.0. The fourth-order valence-electron chi connectivity index (χ4n) is 3.78. The normalized spacial score (nSPS) is 15.0. The lowest BCUT2D eigenvalue weighted by molar-refractivity contribution is -0.149. The van der Waals surface area contributed by atoms with E-state index in [-0.39, 0.29) is 22.7 Å². The van der Waals surface area contributed by atoms with Gasteiger partial charge < -0.3 is 10.1 Å². The lowest BCUT2D eigenvalue weighted by Crippen LogP contribution is -2.36. The largest absolute Gasteiger partial charge is 0.457 e. The third-order valence-corrected chi connectivity index (χ3v) is 5.16. The fraction of sp³-hybridized carbons (Fsp3) is 0.318. The third-order valence-electron chi connectivity index (χ3n) is 5.16. The molecule has 2 aromatic carbocycles. The van der Waals surface area contributed by atoms with Crippen LogP contribution in [0.1, 0.15) is 48.5 Å². The van der Waals surface area contributed by atoms with Crippen LogP contribution in [-0.2, 0) is 19.7 Å². The number of ether oxygens (including phenoxy) is 1. The number of hydrogen-bond donors (Lipinski definition) is 1. The molecular weight excluding hydrogens is 380 g/mol. The Morgan fingerprint density at radius 3 is 2.34 bits per heavy atom. The smallest absolute Gasteiger partial charge is 0.317 e. The van der Waals surface area contributed by atoms with Crippen LogP contribution in [0, 0.1) is 11.6 Å². The van der Waals surface area contributed by atoms with Crippen LogP contribution in [-0.4, -0.2) is 24.3 Å². The number of halogens is 2. The van der Waals surface area contributed by atoms with Gasteiger partial charge in [-0.1, -0.05) is 31.0 Å². The van der Waals surface area contributed by atoms with E-state index in [1.165, 1.54) is 25.1 Å². The molecule has 0 radical (unpaired) electrons. The minimum Gasteiger partial charge on any atom is -0.457 e. The highest BCUT2D eigenvalue weighted by molar-refractivity contribution is 5.99. The van der Waals surface area contributed by atoms with Crippen LogP contribution in [0.15, 0.2) is 42.5 Å². The quantitative estimate of drug-likeness (QED) is 0.583. The number of benzene rings is 2. The number of carbonyl (C=O) groups excluding carboxylic acids is 3. The number of rotatable bonds is 6. The first-order valence-electron chi connectivity index (χ1n) is 9.36. The van der Waals surface area contributed by atoms with E-state index < -0.39 is 35.4 Å². The lowest BCUT2D eigenvalue weighted by atomic mass is 9.78. The van der Waals surface area contributed by atoms with Gasteiger partial charge in [-0.15, -0.1) is 0 Å². The van der Waals surface area contributed by atoms with Crippen molar-refractivity contribution in [2.45, 2.75) is 38.0 Å². The van der Waals surface area contributed by atoms with Crippen molar-refractivity contribution in [3.05, 3.63) is 65.2 Å². The van der Waals surface area contributed by atoms with Crippen LogP contribution in [0.2, 0.25) is 0 Å². The monoisotopic (exact) mass is 401 g/mol. The van der Waals surface area contributed by atoms with Gasteiger partial charge in [-0.3, -0.25) is 14.4 Å². The molecule has 0 aliphatic heterocycles. The van der Waals surface area contributed by atoms with E-state index in [0.717, 1.165) is 18.9 Å². The number of carbonyl (C=O) groups is 3. The Labute approximate surface area is 167 Å². The average molecular weight is 401 g/mol. The zero-order valence-corrected chi connectivity index (χ0v) is 16.0. The number of ketones is 1. The predicted molar refractivity (Wildman–Crippen MR) is 103 cm³/mol. The summed E-state index contributed by atoms with van der Waals surface area (Å²) in [5.74, 6) is -3.08. The van der Waals surface area contributed by atoms with Crippen molar-refractivity contribution >= 4 is 23.3 Å². The van der Waals surface area contributed by atoms with Crippen LogP contribution >= 0.6 is 0 Å². The maximum atomic E-state index is 14.3. The standard InChI is InChI=1S/C22H21F2NO4/c1-14(26)25-15-8-9-16(19(24)12-15)20(27)13-29-21(28)22(10-4-5-11-22)17-6-2-3-7-18(17)23/h2-3,6-9,12H,4-5,10-11,13H2,1H3,(H,25,26). The predicted octanol–water partition coefficient (Wildman–Crippen LogP) is 4.16. The number of anilines is 1. The maximum Gasteiger partial charge on any atom is 0.317 e. The first kappa shape index (κ1) is 20.6. The topological polar surface area (TPSA) is 72.5 Å². The first-order chi connectivity index (χ1) is 13.8. The summed E-state index contributed by atoms with van der Waals surface area (Å²) >= 11 is 0. The zero-order chi connectivity index (χ0) is 21.0. The highest BCUT2D eigenvalue weighted by atomic mass is 19.1. The molecule has 0 bridgehead atoms. The van der Waals surface area contributed by atoms with Gasteiger partial charge in [0.1, 0.15) is 11.6 Å². The van der Waals surface area contributed by atoms with Crippen LogP contribution in [0.5, 0.6) is 0 Å². The molecule has 0 saturated heterocycles. The molecular formula is C22H21F2NO4. The maximum absolute atomic E-state index is 14.3. The van der Waals surface area contributed by atoms with Crippen LogP contribution in [0.3, 0.4) is 0 Å². The summed E-state index contributed by atoms with van der Waals surface area (Å²) in [6.07, 6.45) is 2.36. The highest BCUT2D eigenvalue weighted by Crippen LogP contribution is 2.43. The van der Waals surface area contributed by atoms with Crippen molar-refractivity contribution in [2.75, 3.05) is 11.9 Å². The van der Waals surface area contributed by atoms with E-state index >= 15 is 0 Å². The summed E-state index contributed by atoms with van der Waals surface area (Å²) in [7, 11) is 0.